The fourth-order valence-corrected chi connectivity index (χ4v) is 6.66. The van der Waals surface area contributed by atoms with Gasteiger partial charge in [0, 0.05) is 19.7 Å². The zero-order valence-electron chi connectivity index (χ0n) is 20.7. The van der Waals surface area contributed by atoms with Crippen LogP contribution in [0.15, 0.2) is 18.2 Å². The fourth-order valence-electron chi connectivity index (χ4n) is 6.39. The lowest BCUT2D eigenvalue weighted by molar-refractivity contribution is -0.146. The lowest BCUT2D eigenvalue weighted by Gasteiger charge is -2.34. The van der Waals surface area contributed by atoms with E-state index in [4.69, 9.17) is 16.3 Å². The van der Waals surface area contributed by atoms with Gasteiger partial charge in [0.2, 0.25) is 17.7 Å². The van der Waals surface area contributed by atoms with Crippen LogP contribution in [0, 0.1) is 18.8 Å². The maximum atomic E-state index is 13.9. The van der Waals surface area contributed by atoms with Gasteiger partial charge in [-0.15, -0.1) is 0 Å². The molecule has 9 heteroatoms. The zero-order valence-corrected chi connectivity index (χ0v) is 21.5. The standard InChI is InChI=1S/C26H36ClN3O5/c1-4-13-28-22(32)18-19-24(34)30(14-6-7-15-31)21(26(19)12-11-25(18,5-2)35-26)23(33)29-20-16(3)9-8-10-17(20)27/h8-10,18-19,21,31H,4-7,11-15H2,1-3H3,(H,28,32)(H,29,33)/t18-,19+,21?,25+,26?/m1/s1. The van der Waals surface area contributed by atoms with E-state index in [0.717, 1.165) is 12.0 Å². The van der Waals surface area contributed by atoms with Gasteiger partial charge in [0.15, 0.2) is 0 Å². The number of carbonyl (C=O) groups excluding carboxylic acids is 3. The largest absolute Gasteiger partial charge is 0.396 e. The average Bonchev–Trinajstić information content (AvgIpc) is 3.44. The van der Waals surface area contributed by atoms with Gasteiger partial charge in [0.05, 0.1) is 28.1 Å². The minimum atomic E-state index is -1.07. The van der Waals surface area contributed by atoms with Gasteiger partial charge in [-0.05, 0) is 57.1 Å². The van der Waals surface area contributed by atoms with Crippen LogP contribution in [0.5, 0.6) is 0 Å². The number of fused-ring (bicyclic) bond motifs is 1. The minimum absolute atomic E-state index is 0.00375. The number of nitrogens with zero attached hydrogens (tertiary/aromatic N) is 1. The van der Waals surface area contributed by atoms with Gasteiger partial charge in [-0.3, -0.25) is 14.4 Å². The van der Waals surface area contributed by atoms with Crippen LogP contribution in [-0.2, 0) is 19.1 Å². The molecule has 8 nitrogen and oxygen atoms in total. The van der Waals surface area contributed by atoms with Gasteiger partial charge in [-0.1, -0.05) is 37.6 Å². The maximum absolute atomic E-state index is 13.9. The van der Waals surface area contributed by atoms with Gasteiger partial charge in [0.1, 0.15) is 11.6 Å². The number of nitrogens with one attached hydrogen (secondary N) is 2. The van der Waals surface area contributed by atoms with Crippen LogP contribution < -0.4 is 10.6 Å². The Morgan fingerprint density at radius 2 is 2.00 bits per heavy atom. The summed E-state index contributed by atoms with van der Waals surface area (Å²) in [5, 5.41) is 15.6. The Morgan fingerprint density at radius 3 is 2.66 bits per heavy atom. The molecule has 0 aromatic heterocycles. The Hall–Kier alpha value is -2.16. The predicted molar refractivity (Wildman–Crippen MR) is 133 cm³/mol. The number of hydrogen-bond acceptors (Lipinski definition) is 5. The van der Waals surface area contributed by atoms with Crippen LogP contribution in [0.25, 0.3) is 0 Å². The summed E-state index contributed by atoms with van der Waals surface area (Å²) >= 11 is 6.39. The number of amides is 3. The van der Waals surface area contributed by atoms with Crippen LogP contribution >= 0.6 is 11.6 Å². The molecule has 3 aliphatic rings. The van der Waals surface area contributed by atoms with Crippen LogP contribution in [0.2, 0.25) is 5.02 Å². The molecule has 1 spiro atoms. The molecule has 0 saturated carbocycles. The quantitative estimate of drug-likeness (QED) is 0.424. The van der Waals surface area contributed by atoms with Crippen LogP contribution in [0.4, 0.5) is 5.69 Å². The first-order valence-corrected chi connectivity index (χ1v) is 13.1. The summed E-state index contributed by atoms with van der Waals surface area (Å²) in [6.07, 6.45) is 3.59. The predicted octanol–water partition coefficient (Wildman–Crippen LogP) is 3.04. The molecule has 3 fully saturated rings. The smallest absolute Gasteiger partial charge is 0.250 e. The molecule has 5 atom stereocenters. The second-order valence-electron chi connectivity index (χ2n) is 10.0. The highest BCUT2D eigenvalue weighted by Gasteiger charge is 2.78. The molecule has 4 rings (SSSR count). The summed E-state index contributed by atoms with van der Waals surface area (Å²) in [5.41, 5.74) is -0.500. The molecule has 2 bridgehead atoms. The van der Waals surface area contributed by atoms with Crippen molar-refractivity contribution in [2.45, 2.75) is 76.5 Å². The third-order valence-corrected chi connectivity index (χ3v) is 8.35. The molecular weight excluding hydrogens is 470 g/mol. The highest BCUT2D eigenvalue weighted by atomic mass is 35.5. The second kappa shape index (κ2) is 10.1. The zero-order chi connectivity index (χ0) is 25.4. The summed E-state index contributed by atoms with van der Waals surface area (Å²) in [6.45, 7) is 6.66. The summed E-state index contributed by atoms with van der Waals surface area (Å²) < 4.78 is 6.71. The number of unbranched alkanes of at least 4 members (excludes halogenated alkanes) is 1. The van der Waals surface area contributed by atoms with Crippen molar-refractivity contribution in [2.75, 3.05) is 25.0 Å². The molecule has 3 aliphatic heterocycles. The first kappa shape index (κ1) is 25.9. The topological polar surface area (TPSA) is 108 Å². The van der Waals surface area contributed by atoms with Crippen LogP contribution in [0.1, 0.15) is 57.9 Å². The Bertz CT molecular complexity index is 983. The lowest BCUT2D eigenvalue weighted by atomic mass is 9.65. The maximum Gasteiger partial charge on any atom is 0.250 e. The first-order chi connectivity index (χ1) is 16.8. The van der Waals surface area contributed by atoms with Crippen molar-refractivity contribution >= 4 is 35.0 Å². The number of carbonyl (C=O) groups is 3. The van der Waals surface area contributed by atoms with Gasteiger partial charge in [-0.25, -0.2) is 0 Å². The van der Waals surface area contributed by atoms with Crippen molar-refractivity contribution in [2.24, 2.45) is 11.8 Å². The highest BCUT2D eigenvalue weighted by Crippen LogP contribution is 2.64. The van der Waals surface area contributed by atoms with Crippen molar-refractivity contribution in [3.8, 4) is 0 Å². The molecule has 0 aliphatic carbocycles. The Balaban J connectivity index is 1.73. The Labute approximate surface area is 211 Å². The van der Waals surface area contributed by atoms with Gasteiger partial charge >= 0.3 is 0 Å². The van der Waals surface area contributed by atoms with E-state index < -0.39 is 29.1 Å². The van der Waals surface area contributed by atoms with E-state index in [0.29, 0.717) is 55.9 Å². The number of benzene rings is 1. The number of anilines is 1. The normalized spacial score (nSPS) is 31.1. The van der Waals surface area contributed by atoms with E-state index in [2.05, 4.69) is 10.6 Å². The second-order valence-corrected chi connectivity index (χ2v) is 10.4. The van der Waals surface area contributed by atoms with Gasteiger partial charge < -0.3 is 25.4 Å². The summed E-state index contributed by atoms with van der Waals surface area (Å²) in [7, 11) is 0. The number of halogens is 1. The monoisotopic (exact) mass is 505 g/mol. The Morgan fingerprint density at radius 1 is 1.23 bits per heavy atom. The number of aliphatic hydroxyl groups is 1. The van der Waals surface area contributed by atoms with Crippen molar-refractivity contribution in [1.82, 2.24) is 10.2 Å². The highest BCUT2D eigenvalue weighted by molar-refractivity contribution is 6.34. The number of para-hydroxylation sites is 1. The molecule has 3 N–H and O–H groups in total. The number of rotatable bonds is 10. The summed E-state index contributed by atoms with van der Waals surface area (Å²) in [4.78, 5) is 42.7. The summed E-state index contributed by atoms with van der Waals surface area (Å²) in [6, 6.07) is 4.50. The third-order valence-electron chi connectivity index (χ3n) is 8.04. The molecule has 3 heterocycles. The fraction of sp³-hybridized carbons (Fsp3) is 0.654. The average molecular weight is 506 g/mol. The molecule has 0 radical (unpaired) electrons. The van der Waals surface area contributed by atoms with E-state index in [9.17, 15) is 19.5 Å². The molecule has 2 unspecified atom stereocenters. The van der Waals surface area contributed by atoms with E-state index in [1.165, 1.54) is 0 Å². The number of aliphatic hydroxyl groups excluding tert-OH is 1. The SMILES string of the molecule is CCCNC(=O)[C@H]1[C@H]2C(=O)N(CCCCO)C(C(=O)Nc3c(C)cccc3Cl)C23CC[C@]1(CC)O3. The third kappa shape index (κ3) is 4.13. The van der Waals surface area contributed by atoms with E-state index in [1.54, 1.807) is 11.0 Å². The number of aryl methyl sites for hydroxylation is 1. The van der Waals surface area contributed by atoms with Crippen molar-refractivity contribution in [3.05, 3.63) is 28.8 Å². The lowest BCUT2D eigenvalue weighted by Crippen LogP contribution is -2.53. The molecule has 1 aromatic rings. The Kier molecular flexibility index (Phi) is 7.46. The van der Waals surface area contributed by atoms with Crippen molar-refractivity contribution in [1.29, 1.82) is 0 Å². The van der Waals surface area contributed by atoms with Crippen LogP contribution in [0.3, 0.4) is 0 Å². The summed E-state index contributed by atoms with van der Waals surface area (Å²) in [5.74, 6) is -2.11. The molecule has 35 heavy (non-hydrogen) atoms. The minimum Gasteiger partial charge on any atom is -0.396 e. The van der Waals surface area contributed by atoms with Crippen molar-refractivity contribution in [3.63, 3.8) is 0 Å². The van der Waals surface area contributed by atoms with E-state index in [1.807, 2.05) is 32.9 Å². The van der Waals surface area contributed by atoms with E-state index in [-0.39, 0.29) is 24.3 Å². The van der Waals surface area contributed by atoms with E-state index >= 15 is 0 Å². The molecular formula is C26H36ClN3O5. The van der Waals surface area contributed by atoms with Gasteiger partial charge in [-0.2, -0.15) is 0 Å². The molecule has 192 valence electrons. The van der Waals surface area contributed by atoms with Crippen LogP contribution in [-0.4, -0.2) is 64.7 Å². The first-order valence-electron chi connectivity index (χ1n) is 12.7. The number of hydrogen-bond donors (Lipinski definition) is 3. The van der Waals surface area contributed by atoms with Gasteiger partial charge in [0.25, 0.3) is 0 Å². The molecule has 3 amide bonds. The number of likely N-dealkylation sites (tertiary alicyclic amines) is 1. The number of ether oxygens (including phenoxy) is 1. The molecule has 1 aromatic carbocycles. The van der Waals surface area contributed by atoms with Crippen molar-refractivity contribution < 1.29 is 24.2 Å². The molecule has 3 saturated heterocycles.